The highest BCUT2D eigenvalue weighted by Crippen LogP contribution is 2.23. The predicted octanol–water partition coefficient (Wildman–Crippen LogP) is 3.42. The smallest absolute Gasteiger partial charge is 0.254 e. The van der Waals surface area contributed by atoms with E-state index in [1.54, 1.807) is 37.5 Å². The zero-order chi connectivity index (χ0) is 22.6. The molecule has 0 fully saturated rings. The molecule has 31 heavy (non-hydrogen) atoms. The molecule has 164 valence electrons. The Morgan fingerprint density at radius 2 is 1.90 bits per heavy atom. The van der Waals surface area contributed by atoms with Crippen LogP contribution < -0.4 is 5.32 Å². The van der Waals surface area contributed by atoms with Crippen molar-refractivity contribution in [2.24, 2.45) is 0 Å². The molecule has 0 atom stereocenters. The molecule has 3 aromatic rings. The van der Waals surface area contributed by atoms with Gasteiger partial charge in [-0.15, -0.1) is 11.3 Å². The summed E-state index contributed by atoms with van der Waals surface area (Å²) < 4.78 is 40.5. The maximum atomic E-state index is 14.0. The molecule has 0 saturated carbocycles. The van der Waals surface area contributed by atoms with E-state index in [0.29, 0.717) is 17.8 Å². The summed E-state index contributed by atoms with van der Waals surface area (Å²) in [6.45, 7) is 0.444. The average Bonchev–Trinajstić information content (AvgIpc) is 3.25. The van der Waals surface area contributed by atoms with E-state index in [2.05, 4.69) is 10.3 Å². The van der Waals surface area contributed by atoms with Crippen LogP contribution in [0.5, 0.6) is 0 Å². The summed E-state index contributed by atoms with van der Waals surface area (Å²) >= 11 is 1.43. The molecular weight excluding hydrogens is 439 g/mol. The van der Waals surface area contributed by atoms with Gasteiger partial charge in [0, 0.05) is 56.1 Å². The Bertz CT molecular complexity index is 1170. The van der Waals surface area contributed by atoms with E-state index in [1.165, 1.54) is 48.5 Å². The van der Waals surface area contributed by atoms with E-state index in [0.717, 1.165) is 9.31 Å². The number of amides is 1. The summed E-state index contributed by atoms with van der Waals surface area (Å²) in [5.74, 6) is -0.716. The van der Waals surface area contributed by atoms with Gasteiger partial charge in [-0.3, -0.25) is 4.79 Å². The zero-order valence-corrected chi connectivity index (χ0v) is 19.0. The number of carbonyl (C=O) groups is 1. The van der Waals surface area contributed by atoms with Gasteiger partial charge in [0.25, 0.3) is 5.91 Å². The Morgan fingerprint density at radius 1 is 1.16 bits per heavy atom. The van der Waals surface area contributed by atoms with Crippen molar-refractivity contribution >= 4 is 33.0 Å². The molecule has 1 N–H and O–H groups in total. The van der Waals surface area contributed by atoms with Gasteiger partial charge in [-0.1, -0.05) is 18.2 Å². The summed E-state index contributed by atoms with van der Waals surface area (Å²) in [5.41, 5.74) is 1.03. The normalized spacial score (nSPS) is 11.5. The van der Waals surface area contributed by atoms with Crippen molar-refractivity contribution < 1.29 is 17.6 Å². The molecule has 0 saturated heterocycles. The van der Waals surface area contributed by atoms with E-state index in [9.17, 15) is 17.6 Å². The average molecular weight is 463 g/mol. The first kappa shape index (κ1) is 22.9. The quantitative estimate of drug-likeness (QED) is 0.555. The van der Waals surface area contributed by atoms with Crippen molar-refractivity contribution in [3.63, 3.8) is 0 Å². The molecule has 1 amide bonds. The van der Waals surface area contributed by atoms with Gasteiger partial charge < -0.3 is 10.2 Å². The van der Waals surface area contributed by atoms with Gasteiger partial charge in [-0.2, -0.15) is 0 Å². The van der Waals surface area contributed by atoms with Gasteiger partial charge in [0.2, 0.25) is 10.0 Å². The first-order valence-corrected chi connectivity index (χ1v) is 11.7. The lowest BCUT2D eigenvalue weighted by Crippen LogP contribution is -2.27. The minimum atomic E-state index is -3.78. The highest BCUT2D eigenvalue weighted by Gasteiger charge is 2.22. The highest BCUT2D eigenvalue weighted by atomic mass is 32.2. The van der Waals surface area contributed by atoms with Crippen LogP contribution in [-0.4, -0.2) is 49.7 Å². The Labute approximate surface area is 185 Å². The molecule has 0 aliphatic carbocycles. The number of anilines is 1. The van der Waals surface area contributed by atoms with Gasteiger partial charge in [-0.25, -0.2) is 22.1 Å². The predicted molar refractivity (Wildman–Crippen MR) is 119 cm³/mol. The summed E-state index contributed by atoms with van der Waals surface area (Å²) in [5, 5.41) is 5.62. The standard InChI is InChI=1S/C21H23FN4O3S2/c1-25(2)31(28,29)18-11-16(21(27)26(3)14-20-23-8-9-30-20)10-17(12-18)24-13-15-6-4-5-7-19(15)22/h4-12,24H,13-14H2,1-3H3. The summed E-state index contributed by atoms with van der Waals surface area (Å²) in [4.78, 5) is 18.6. The largest absolute Gasteiger partial charge is 0.381 e. The lowest BCUT2D eigenvalue weighted by Gasteiger charge is -2.19. The van der Waals surface area contributed by atoms with Crippen molar-refractivity contribution in [2.75, 3.05) is 26.5 Å². The molecule has 1 aromatic heterocycles. The molecular formula is C21H23FN4O3S2. The number of hydrogen-bond acceptors (Lipinski definition) is 6. The van der Waals surface area contributed by atoms with Crippen molar-refractivity contribution in [1.29, 1.82) is 0 Å². The molecule has 0 spiro atoms. The lowest BCUT2D eigenvalue weighted by molar-refractivity contribution is 0.0785. The second-order valence-electron chi connectivity index (χ2n) is 7.07. The van der Waals surface area contributed by atoms with Crippen LogP contribution in [0.15, 0.2) is 58.9 Å². The van der Waals surface area contributed by atoms with Gasteiger partial charge in [0.05, 0.1) is 11.4 Å². The Kier molecular flexibility index (Phi) is 7.04. The summed E-state index contributed by atoms with van der Waals surface area (Å²) in [6.07, 6.45) is 1.66. The molecule has 0 bridgehead atoms. The van der Waals surface area contributed by atoms with E-state index >= 15 is 0 Å². The number of nitrogens with zero attached hydrogens (tertiary/aromatic N) is 3. The number of benzene rings is 2. The number of rotatable bonds is 8. The first-order valence-electron chi connectivity index (χ1n) is 9.37. The van der Waals surface area contributed by atoms with Crippen LogP contribution in [0.25, 0.3) is 0 Å². The molecule has 0 aliphatic rings. The first-order chi connectivity index (χ1) is 14.7. The number of hydrogen-bond donors (Lipinski definition) is 1. The monoisotopic (exact) mass is 462 g/mol. The van der Waals surface area contributed by atoms with E-state index in [4.69, 9.17) is 0 Å². The number of sulfonamides is 1. The Hall–Kier alpha value is -2.82. The number of nitrogens with one attached hydrogen (secondary N) is 1. The SMILES string of the molecule is CN(Cc1nccs1)C(=O)c1cc(NCc2ccccc2F)cc(S(=O)(=O)N(C)C)c1. The van der Waals surface area contributed by atoms with Gasteiger partial charge in [-0.05, 0) is 24.3 Å². The Balaban J connectivity index is 1.93. The van der Waals surface area contributed by atoms with E-state index in [-0.39, 0.29) is 28.7 Å². The third-order valence-corrected chi connectivity index (χ3v) is 7.13. The fourth-order valence-electron chi connectivity index (χ4n) is 2.85. The molecule has 0 unspecified atom stereocenters. The molecule has 7 nitrogen and oxygen atoms in total. The van der Waals surface area contributed by atoms with Crippen LogP contribution >= 0.6 is 11.3 Å². The zero-order valence-electron chi connectivity index (χ0n) is 17.4. The number of aromatic nitrogens is 1. The number of halogens is 1. The minimum Gasteiger partial charge on any atom is -0.381 e. The van der Waals surface area contributed by atoms with Crippen molar-refractivity contribution in [3.8, 4) is 0 Å². The van der Waals surface area contributed by atoms with Crippen LogP contribution in [0.4, 0.5) is 10.1 Å². The van der Waals surface area contributed by atoms with Crippen LogP contribution in [0, 0.1) is 5.82 Å². The van der Waals surface area contributed by atoms with Crippen LogP contribution in [0.2, 0.25) is 0 Å². The summed E-state index contributed by atoms with van der Waals surface area (Å²) in [7, 11) is 0.687. The van der Waals surface area contributed by atoms with Crippen molar-refractivity contribution in [1.82, 2.24) is 14.2 Å². The van der Waals surface area contributed by atoms with Gasteiger partial charge in [0.15, 0.2) is 0 Å². The lowest BCUT2D eigenvalue weighted by atomic mass is 10.1. The molecule has 10 heteroatoms. The fraction of sp³-hybridized carbons (Fsp3) is 0.238. The van der Waals surface area contributed by atoms with Gasteiger partial charge in [0.1, 0.15) is 10.8 Å². The molecule has 2 aromatic carbocycles. The third kappa shape index (κ3) is 5.46. The van der Waals surface area contributed by atoms with Crippen LogP contribution in [-0.2, 0) is 23.1 Å². The highest BCUT2D eigenvalue weighted by molar-refractivity contribution is 7.89. The number of carbonyl (C=O) groups excluding carboxylic acids is 1. The van der Waals surface area contributed by atoms with Crippen LogP contribution in [0.1, 0.15) is 20.9 Å². The molecule has 3 rings (SSSR count). The van der Waals surface area contributed by atoms with Crippen LogP contribution in [0.3, 0.4) is 0 Å². The van der Waals surface area contributed by atoms with E-state index < -0.39 is 10.0 Å². The topological polar surface area (TPSA) is 82.6 Å². The number of thiazole rings is 1. The second kappa shape index (κ2) is 9.54. The second-order valence-corrected chi connectivity index (χ2v) is 10.2. The fourth-order valence-corrected chi connectivity index (χ4v) is 4.49. The Morgan fingerprint density at radius 3 is 2.55 bits per heavy atom. The molecule has 1 heterocycles. The summed E-state index contributed by atoms with van der Waals surface area (Å²) in [6, 6.07) is 10.7. The molecule has 0 aliphatic heterocycles. The van der Waals surface area contributed by atoms with E-state index in [1.807, 2.05) is 5.38 Å². The molecule has 0 radical (unpaired) electrons. The van der Waals surface area contributed by atoms with Crippen molar-refractivity contribution in [3.05, 3.63) is 76.0 Å². The van der Waals surface area contributed by atoms with Crippen molar-refractivity contribution in [2.45, 2.75) is 18.0 Å². The van der Waals surface area contributed by atoms with Gasteiger partial charge >= 0.3 is 0 Å². The minimum absolute atomic E-state index is 0.0259. The third-order valence-electron chi connectivity index (χ3n) is 4.58. The maximum absolute atomic E-state index is 14.0. The maximum Gasteiger partial charge on any atom is 0.254 e.